The molecule has 0 aromatic heterocycles. The van der Waals surface area contributed by atoms with Crippen LogP contribution >= 0.6 is 0 Å². The number of allylic oxidation sites excluding steroid dienone is 6. The van der Waals surface area contributed by atoms with E-state index in [0.717, 1.165) is 6.54 Å². The average Bonchev–Trinajstić information content (AvgIpc) is 3.33. The number of ether oxygens (including phenoxy) is 4. The molecule has 0 amide bonds. The molecule has 2 aromatic rings. The number of terminal acetylenes is 1. The third kappa shape index (κ3) is 7.74. The van der Waals surface area contributed by atoms with Gasteiger partial charge in [-0.15, -0.1) is 6.42 Å². The van der Waals surface area contributed by atoms with Gasteiger partial charge in [-0.3, -0.25) is 0 Å². The van der Waals surface area contributed by atoms with Crippen LogP contribution in [0.1, 0.15) is 38.8 Å². The van der Waals surface area contributed by atoms with Crippen LogP contribution in [0.4, 0.5) is 11.4 Å². The zero-order valence-corrected chi connectivity index (χ0v) is 26.5. The minimum Gasteiger partial charge on any atom is -0.377 e. The molecule has 0 radical (unpaired) electrons. The molecule has 0 saturated heterocycles. The monoisotopic (exact) mass is 583 g/mol. The van der Waals surface area contributed by atoms with Crippen LogP contribution < -0.4 is 4.90 Å². The van der Waals surface area contributed by atoms with Gasteiger partial charge in [-0.2, -0.15) is 4.58 Å². The van der Waals surface area contributed by atoms with Crippen molar-refractivity contribution in [1.29, 1.82) is 0 Å². The van der Waals surface area contributed by atoms with Crippen molar-refractivity contribution in [1.82, 2.24) is 0 Å². The van der Waals surface area contributed by atoms with Crippen molar-refractivity contribution in [2.75, 3.05) is 71.3 Å². The fraction of sp³-hybridized carbons (Fsp3) is 0.432. The highest BCUT2D eigenvalue weighted by molar-refractivity contribution is 6.03. The highest BCUT2D eigenvalue weighted by atomic mass is 16.6. The molecule has 2 aliphatic rings. The molecule has 0 bridgehead atoms. The Kier molecular flexibility index (Phi) is 11.6. The minimum absolute atomic E-state index is 0.0310. The van der Waals surface area contributed by atoms with E-state index in [-0.39, 0.29) is 10.8 Å². The Hall–Kier alpha value is -3.47. The van der Waals surface area contributed by atoms with Crippen molar-refractivity contribution in [3.63, 3.8) is 0 Å². The fourth-order valence-electron chi connectivity index (χ4n) is 5.99. The average molecular weight is 584 g/mol. The molecule has 0 saturated carbocycles. The summed E-state index contributed by atoms with van der Waals surface area (Å²) in [6.45, 7) is 14.0. The van der Waals surface area contributed by atoms with E-state index in [1.807, 2.05) is 0 Å². The van der Waals surface area contributed by atoms with Crippen molar-refractivity contribution in [2.45, 2.75) is 38.5 Å². The molecule has 2 aromatic carbocycles. The van der Waals surface area contributed by atoms with Gasteiger partial charge in [0.2, 0.25) is 5.69 Å². The van der Waals surface area contributed by atoms with Gasteiger partial charge < -0.3 is 23.8 Å². The second kappa shape index (κ2) is 15.3. The lowest BCUT2D eigenvalue weighted by atomic mass is 9.81. The van der Waals surface area contributed by atoms with Crippen molar-refractivity contribution < 1.29 is 23.5 Å². The molecular weight excluding hydrogens is 536 g/mol. The number of anilines is 1. The number of benzene rings is 2. The zero-order valence-electron chi connectivity index (χ0n) is 26.5. The van der Waals surface area contributed by atoms with Gasteiger partial charge in [0.05, 0.1) is 51.7 Å². The molecule has 4 rings (SSSR count). The molecule has 0 N–H and O–H groups in total. The largest absolute Gasteiger partial charge is 0.377 e. The molecule has 43 heavy (non-hydrogen) atoms. The van der Waals surface area contributed by atoms with Crippen LogP contribution in [-0.4, -0.2) is 76.7 Å². The molecule has 2 aliphatic heterocycles. The highest BCUT2D eigenvalue weighted by Crippen LogP contribution is 2.47. The summed E-state index contributed by atoms with van der Waals surface area (Å²) in [4.78, 5) is 2.39. The first-order valence-corrected chi connectivity index (χ1v) is 15.2. The van der Waals surface area contributed by atoms with Crippen molar-refractivity contribution in [3.05, 3.63) is 95.7 Å². The SMILES string of the molecule is C#CCOCCOCCOCCOCCN1/C(=C/C=C\C=CC2=[N+](C)c3ccccc3C2(C)C)C(C)(C)c2ccccc21. The third-order valence-electron chi connectivity index (χ3n) is 8.23. The number of hydrogen-bond acceptors (Lipinski definition) is 5. The maximum Gasteiger partial charge on any atom is 0.209 e. The molecular formula is C37H47N2O4+. The minimum atomic E-state index is -0.107. The maximum absolute atomic E-state index is 5.95. The smallest absolute Gasteiger partial charge is 0.209 e. The summed E-state index contributed by atoms with van der Waals surface area (Å²) < 4.78 is 24.5. The second-order valence-electron chi connectivity index (χ2n) is 11.8. The lowest BCUT2D eigenvalue weighted by molar-refractivity contribution is -0.401. The van der Waals surface area contributed by atoms with Gasteiger partial charge in [0.1, 0.15) is 13.7 Å². The summed E-state index contributed by atoms with van der Waals surface area (Å²) in [5.74, 6) is 2.43. The van der Waals surface area contributed by atoms with Gasteiger partial charge in [0, 0.05) is 41.1 Å². The van der Waals surface area contributed by atoms with E-state index in [9.17, 15) is 0 Å². The molecule has 228 valence electrons. The van der Waals surface area contributed by atoms with Crippen LogP contribution in [0.25, 0.3) is 0 Å². The number of hydrogen-bond donors (Lipinski definition) is 0. The topological polar surface area (TPSA) is 43.2 Å². The molecule has 0 spiro atoms. The number of rotatable bonds is 16. The van der Waals surface area contributed by atoms with Gasteiger partial charge in [-0.25, -0.2) is 0 Å². The Morgan fingerprint density at radius 3 is 2.02 bits per heavy atom. The van der Waals surface area contributed by atoms with E-state index < -0.39 is 0 Å². The summed E-state index contributed by atoms with van der Waals surface area (Å²) in [7, 11) is 2.15. The Labute approximate surface area is 258 Å². The van der Waals surface area contributed by atoms with Crippen molar-refractivity contribution in [3.8, 4) is 12.3 Å². The maximum atomic E-state index is 5.95. The van der Waals surface area contributed by atoms with Crippen LogP contribution in [-0.2, 0) is 29.8 Å². The Morgan fingerprint density at radius 2 is 1.35 bits per heavy atom. The summed E-state index contributed by atoms with van der Waals surface area (Å²) in [6.07, 6.45) is 16.1. The molecule has 0 atom stereocenters. The third-order valence-corrected chi connectivity index (χ3v) is 8.23. The zero-order chi connectivity index (χ0) is 30.7. The van der Waals surface area contributed by atoms with Crippen LogP contribution in [0, 0.1) is 12.3 Å². The predicted molar refractivity (Wildman–Crippen MR) is 176 cm³/mol. The Morgan fingerprint density at radius 1 is 0.744 bits per heavy atom. The molecule has 6 heteroatoms. The lowest BCUT2D eigenvalue weighted by Gasteiger charge is -2.27. The van der Waals surface area contributed by atoms with E-state index in [1.54, 1.807) is 0 Å². The summed E-state index contributed by atoms with van der Waals surface area (Å²) in [5.41, 5.74) is 7.64. The van der Waals surface area contributed by atoms with Gasteiger partial charge >= 0.3 is 0 Å². The Balaban J connectivity index is 1.30. The van der Waals surface area contributed by atoms with Crippen molar-refractivity contribution in [2.24, 2.45) is 0 Å². The first kappa shape index (κ1) is 32.4. The Bertz CT molecular complexity index is 1390. The van der Waals surface area contributed by atoms with Crippen LogP contribution in [0.15, 0.2) is 84.6 Å². The molecule has 0 aliphatic carbocycles. The first-order chi connectivity index (χ1) is 20.8. The fourth-order valence-corrected chi connectivity index (χ4v) is 5.99. The van der Waals surface area contributed by atoms with Gasteiger partial charge in [0.15, 0.2) is 5.71 Å². The number of nitrogens with zero attached hydrogens (tertiary/aromatic N) is 2. The van der Waals surface area contributed by atoms with Crippen LogP contribution in [0.5, 0.6) is 0 Å². The quantitative estimate of drug-likeness (QED) is 0.102. The summed E-state index contributed by atoms with van der Waals surface area (Å²) in [6, 6.07) is 17.3. The van der Waals surface area contributed by atoms with Gasteiger partial charge in [-0.1, -0.05) is 74.4 Å². The van der Waals surface area contributed by atoms with E-state index in [1.165, 1.54) is 33.9 Å². The predicted octanol–water partition coefficient (Wildman–Crippen LogP) is 6.19. The number of fused-ring (bicyclic) bond motifs is 2. The first-order valence-electron chi connectivity index (χ1n) is 15.2. The van der Waals surface area contributed by atoms with Crippen LogP contribution in [0.2, 0.25) is 0 Å². The summed E-state index contributed by atoms with van der Waals surface area (Å²) >= 11 is 0. The second-order valence-corrected chi connectivity index (χ2v) is 11.8. The normalized spacial score (nSPS) is 17.8. The van der Waals surface area contributed by atoms with Crippen molar-refractivity contribution >= 4 is 17.1 Å². The summed E-state index contributed by atoms with van der Waals surface area (Å²) in [5, 5.41) is 0. The van der Waals surface area contributed by atoms with E-state index in [0.29, 0.717) is 52.9 Å². The van der Waals surface area contributed by atoms with E-state index in [2.05, 4.69) is 129 Å². The van der Waals surface area contributed by atoms with Gasteiger partial charge in [-0.05, 0) is 31.6 Å². The molecule has 0 fully saturated rings. The van der Waals surface area contributed by atoms with Crippen LogP contribution in [0.3, 0.4) is 0 Å². The number of para-hydroxylation sites is 2. The molecule has 0 unspecified atom stereocenters. The van der Waals surface area contributed by atoms with E-state index >= 15 is 0 Å². The van der Waals surface area contributed by atoms with Gasteiger partial charge in [0.25, 0.3) is 0 Å². The standard InChI is InChI=1S/C37H47N2O4/c1-7-22-40-24-26-42-28-29-43-27-25-41-23-21-39-33-18-14-12-16-31(33)37(4,5)35(39)20-10-8-9-19-34-36(2,3)30-15-11-13-17-32(30)38(34)6/h1,8-20H,21-29H2,2-6H3/q+1. The molecule has 2 heterocycles. The lowest BCUT2D eigenvalue weighted by Crippen LogP contribution is -2.29. The highest BCUT2D eigenvalue weighted by Gasteiger charge is 2.42. The molecule has 6 nitrogen and oxygen atoms in total. The van der Waals surface area contributed by atoms with E-state index in [4.69, 9.17) is 25.4 Å².